The maximum Gasteiger partial charge on any atom is 0.228 e. The molecule has 1 aromatic rings. The lowest BCUT2D eigenvalue weighted by Gasteiger charge is -2.39. The van der Waals surface area contributed by atoms with Crippen LogP contribution in [0.4, 0.5) is 5.69 Å². The summed E-state index contributed by atoms with van der Waals surface area (Å²) in [5.74, 6) is 0.786. The third-order valence-electron chi connectivity index (χ3n) is 5.33. The molecule has 0 radical (unpaired) electrons. The van der Waals surface area contributed by atoms with Crippen molar-refractivity contribution in [2.75, 3.05) is 18.4 Å². The van der Waals surface area contributed by atoms with Gasteiger partial charge < -0.3 is 16.0 Å². The largest absolute Gasteiger partial charge is 0.338 e. The number of nitrogens with one attached hydrogen (secondary N) is 1. The van der Waals surface area contributed by atoms with E-state index in [4.69, 9.17) is 5.73 Å². The van der Waals surface area contributed by atoms with Crippen LogP contribution in [-0.4, -0.2) is 35.8 Å². The van der Waals surface area contributed by atoms with Crippen molar-refractivity contribution in [1.82, 2.24) is 4.90 Å². The number of aryl methyl sites for hydroxylation is 1. The van der Waals surface area contributed by atoms with Crippen LogP contribution in [0.2, 0.25) is 0 Å². The Morgan fingerprint density at radius 2 is 2.25 bits per heavy atom. The fourth-order valence-electron chi connectivity index (χ4n) is 3.94. The number of nitrogens with two attached hydrogens (primary N) is 1. The SMILES string of the molecule is C[C@@H]1CCCN(C(=O)CCCc2ccc3c(c2)CC(=O)N3)[C@H]1CN. The molecule has 2 amide bonds. The Balaban J connectivity index is 1.52. The van der Waals surface area contributed by atoms with Crippen molar-refractivity contribution in [3.8, 4) is 0 Å². The van der Waals surface area contributed by atoms with Crippen LogP contribution in [0.3, 0.4) is 0 Å². The predicted octanol–water partition coefficient (Wildman–Crippen LogP) is 2.09. The van der Waals surface area contributed by atoms with Crippen LogP contribution in [0, 0.1) is 5.92 Å². The van der Waals surface area contributed by atoms with Gasteiger partial charge in [-0.15, -0.1) is 0 Å². The van der Waals surface area contributed by atoms with Crippen molar-refractivity contribution in [1.29, 1.82) is 0 Å². The van der Waals surface area contributed by atoms with E-state index in [9.17, 15) is 9.59 Å². The minimum Gasteiger partial charge on any atom is -0.338 e. The van der Waals surface area contributed by atoms with Gasteiger partial charge in [0.15, 0.2) is 0 Å². The van der Waals surface area contributed by atoms with Crippen molar-refractivity contribution >= 4 is 17.5 Å². The van der Waals surface area contributed by atoms with E-state index < -0.39 is 0 Å². The molecular formula is C19H27N3O2. The Morgan fingerprint density at radius 3 is 3.04 bits per heavy atom. The molecule has 2 aliphatic heterocycles. The first-order chi connectivity index (χ1) is 11.6. The maximum atomic E-state index is 12.5. The van der Waals surface area contributed by atoms with Crippen LogP contribution in [0.25, 0.3) is 0 Å². The van der Waals surface area contributed by atoms with Gasteiger partial charge in [0.2, 0.25) is 11.8 Å². The van der Waals surface area contributed by atoms with E-state index >= 15 is 0 Å². The van der Waals surface area contributed by atoms with Gasteiger partial charge in [-0.3, -0.25) is 9.59 Å². The van der Waals surface area contributed by atoms with Crippen LogP contribution in [0.5, 0.6) is 0 Å². The summed E-state index contributed by atoms with van der Waals surface area (Å²) in [4.78, 5) is 26.0. The lowest BCUT2D eigenvalue weighted by Crippen LogP contribution is -2.51. The summed E-state index contributed by atoms with van der Waals surface area (Å²) >= 11 is 0. The van der Waals surface area contributed by atoms with E-state index in [1.165, 1.54) is 5.56 Å². The summed E-state index contributed by atoms with van der Waals surface area (Å²) in [5.41, 5.74) is 9.06. The first-order valence-corrected chi connectivity index (χ1v) is 8.99. The Morgan fingerprint density at radius 1 is 1.42 bits per heavy atom. The average molecular weight is 329 g/mol. The highest BCUT2D eigenvalue weighted by atomic mass is 16.2. The molecule has 2 atom stereocenters. The molecule has 2 aliphatic rings. The smallest absolute Gasteiger partial charge is 0.228 e. The Kier molecular flexibility index (Phi) is 5.19. The molecule has 3 rings (SSSR count). The average Bonchev–Trinajstić information content (AvgIpc) is 2.93. The molecule has 0 aliphatic carbocycles. The van der Waals surface area contributed by atoms with Crippen LogP contribution in [0.1, 0.15) is 43.7 Å². The molecule has 0 spiro atoms. The molecule has 1 aromatic carbocycles. The second-order valence-electron chi connectivity index (χ2n) is 7.08. The number of nitrogens with zero attached hydrogens (tertiary/aromatic N) is 1. The van der Waals surface area contributed by atoms with Gasteiger partial charge in [0, 0.05) is 31.2 Å². The molecule has 130 valence electrons. The standard InChI is InChI=1S/C19H27N3O2/c1-13-4-3-9-22(17(13)12-20)19(24)6-2-5-14-7-8-16-15(10-14)11-18(23)21-16/h7-8,10,13,17H,2-6,9,11-12,20H2,1H3,(H,21,23)/t13-,17+/m1/s1. The number of anilines is 1. The van der Waals surface area contributed by atoms with Crippen molar-refractivity contribution in [2.24, 2.45) is 11.7 Å². The van der Waals surface area contributed by atoms with Gasteiger partial charge in [0.1, 0.15) is 0 Å². The fraction of sp³-hybridized carbons (Fsp3) is 0.579. The van der Waals surface area contributed by atoms with E-state index in [2.05, 4.69) is 18.3 Å². The third-order valence-corrected chi connectivity index (χ3v) is 5.33. The molecule has 0 bridgehead atoms. The Hall–Kier alpha value is -1.88. The fourth-order valence-corrected chi connectivity index (χ4v) is 3.94. The zero-order chi connectivity index (χ0) is 17.1. The number of likely N-dealkylation sites (tertiary alicyclic amines) is 1. The second-order valence-corrected chi connectivity index (χ2v) is 7.08. The normalized spacial score (nSPS) is 23.1. The highest BCUT2D eigenvalue weighted by Gasteiger charge is 2.30. The van der Waals surface area contributed by atoms with Gasteiger partial charge in [-0.1, -0.05) is 19.1 Å². The minimum absolute atomic E-state index is 0.0596. The zero-order valence-electron chi connectivity index (χ0n) is 14.4. The molecule has 2 heterocycles. The molecule has 0 saturated carbocycles. The van der Waals surface area contributed by atoms with Gasteiger partial charge in [0.05, 0.1) is 6.42 Å². The highest BCUT2D eigenvalue weighted by Crippen LogP contribution is 2.26. The molecule has 1 fully saturated rings. The van der Waals surface area contributed by atoms with Crippen LogP contribution in [-0.2, 0) is 22.4 Å². The summed E-state index contributed by atoms with van der Waals surface area (Å²) in [5, 5.41) is 2.85. The van der Waals surface area contributed by atoms with Crippen molar-refractivity contribution in [3.05, 3.63) is 29.3 Å². The van der Waals surface area contributed by atoms with E-state index in [0.717, 1.165) is 43.5 Å². The number of carbonyl (C=O) groups excluding carboxylic acids is 2. The topological polar surface area (TPSA) is 75.4 Å². The number of piperidine rings is 1. The maximum absolute atomic E-state index is 12.5. The highest BCUT2D eigenvalue weighted by molar-refractivity contribution is 5.99. The lowest BCUT2D eigenvalue weighted by molar-refractivity contribution is -0.136. The van der Waals surface area contributed by atoms with E-state index in [0.29, 0.717) is 25.3 Å². The number of hydrogen-bond acceptors (Lipinski definition) is 3. The first kappa shape index (κ1) is 17.0. The molecule has 24 heavy (non-hydrogen) atoms. The van der Waals surface area contributed by atoms with Crippen LogP contribution < -0.4 is 11.1 Å². The van der Waals surface area contributed by atoms with Gasteiger partial charge >= 0.3 is 0 Å². The summed E-state index contributed by atoms with van der Waals surface area (Å²) in [6.45, 7) is 3.59. The first-order valence-electron chi connectivity index (χ1n) is 8.99. The number of carbonyl (C=O) groups is 2. The molecule has 1 saturated heterocycles. The lowest BCUT2D eigenvalue weighted by atomic mass is 9.90. The van der Waals surface area contributed by atoms with Gasteiger partial charge in [0.25, 0.3) is 0 Å². The van der Waals surface area contributed by atoms with E-state index in [1.54, 1.807) is 0 Å². The molecule has 5 heteroatoms. The van der Waals surface area contributed by atoms with Crippen molar-refractivity contribution in [2.45, 2.75) is 51.5 Å². The molecule has 0 aromatic heterocycles. The van der Waals surface area contributed by atoms with Crippen LogP contribution in [0.15, 0.2) is 18.2 Å². The van der Waals surface area contributed by atoms with Gasteiger partial charge in [-0.25, -0.2) is 0 Å². The number of benzene rings is 1. The van der Waals surface area contributed by atoms with E-state index in [-0.39, 0.29) is 17.9 Å². The number of rotatable bonds is 5. The summed E-state index contributed by atoms with van der Waals surface area (Å²) < 4.78 is 0. The minimum atomic E-state index is 0.0596. The molecule has 0 unspecified atom stereocenters. The van der Waals surface area contributed by atoms with Crippen LogP contribution >= 0.6 is 0 Å². The second kappa shape index (κ2) is 7.34. The Labute approximate surface area is 143 Å². The quantitative estimate of drug-likeness (QED) is 0.868. The number of amides is 2. The van der Waals surface area contributed by atoms with Crippen molar-refractivity contribution < 1.29 is 9.59 Å². The monoisotopic (exact) mass is 329 g/mol. The third kappa shape index (κ3) is 3.61. The van der Waals surface area contributed by atoms with Gasteiger partial charge in [-0.05, 0) is 48.8 Å². The molecular weight excluding hydrogens is 302 g/mol. The Bertz CT molecular complexity index is 629. The van der Waals surface area contributed by atoms with Crippen molar-refractivity contribution in [3.63, 3.8) is 0 Å². The molecule has 3 N–H and O–H groups in total. The number of fused-ring (bicyclic) bond motifs is 1. The molecule has 5 nitrogen and oxygen atoms in total. The summed E-state index contributed by atoms with van der Waals surface area (Å²) in [6, 6.07) is 6.29. The number of hydrogen-bond donors (Lipinski definition) is 2. The van der Waals surface area contributed by atoms with Gasteiger partial charge in [-0.2, -0.15) is 0 Å². The predicted molar refractivity (Wildman–Crippen MR) is 94.7 cm³/mol. The summed E-state index contributed by atoms with van der Waals surface area (Å²) in [6.07, 6.45) is 4.97. The van der Waals surface area contributed by atoms with E-state index in [1.807, 2.05) is 17.0 Å². The zero-order valence-corrected chi connectivity index (χ0v) is 14.4. The summed E-state index contributed by atoms with van der Waals surface area (Å²) in [7, 11) is 0.